The molecule has 0 bridgehead atoms. The van der Waals surface area contributed by atoms with Crippen LogP contribution in [-0.4, -0.2) is 38.0 Å². The van der Waals surface area contributed by atoms with Gasteiger partial charge in [-0.05, 0) is 12.8 Å². The molecule has 0 atom stereocenters. The van der Waals surface area contributed by atoms with Crippen molar-refractivity contribution < 1.29 is 14.6 Å². The summed E-state index contributed by atoms with van der Waals surface area (Å²) in [6.45, 7) is 0.342. The van der Waals surface area contributed by atoms with Crippen molar-refractivity contribution >= 4 is 22.3 Å². The number of carbonyl (C=O) groups is 1. The van der Waals surface area contributed by atoms with Gasteiger partial charge in [0.05, 0.1) is 5.41 Å². The molecule has 1 saturated carbocycles. The van der Waals surface area contributed by atoms with Crippen LogP contribution in [0.2, 0.25) is 0 Å². The van der Waals surface area contributed by atoms with E-state index in [0.717, 1.165) is 30.7 Å². The van der Waals surface area contributed by atoms with E-state index in [0.29, 0.717) is 23.8 Å². The predicted molar refractivity (Wildman–Crippen MR) is 71.6 cm³/mol. The summed E-state index contributed by atoms with van der Waals surface area (Å²) < 4.78 is 6.69. The normalized spacial score (nSPS) is 17.9. The van der Waals surface area contributed by atoms with Gasteiger partial charge in [0.2, 0.25) is 4.96 Å². The quantitative estimate of drug-likeness (QED) is 0.899. The second-order valence-electron chi connectivity index (χ2n) is 5.21. The molecular weight excluding hydrogens is 280 g/mol. The summed E-state index contributed by atoms with van der Waals surface area (Å²) in [6, 6.07) is 0. The summed E-state index contributed by atoms with van der Waals surface area (Å²) in [7, 11) is 1.59. The lowest BCUT2D eigenvalue weighted by atomic mass is 9.83. The number of hydrogen-bond donors (Lipinski definition) is 1. The van der Waals surface area contributed by atoms with Crippen LogP contribution in [0.4, 0.5) is 0 Å². The highest BCUT2D eigenvalue weighted by atomic mass is 32.1. The van der Waals surface area contributed by atoms with E-state index < -0.39 is 11.4 Å². The van der Waals surface area contributed by atoms with Gasteiger partial charge in [0.25, 0.3) is 0 Å². The lowest BCUT2D eigenvalue weighted by molar-refractivity contribution is -0.148. The Morgan fingerprint density at radius 3 is 2.85 bits per heavy atom. The molecule has 2 aromatic rings. The number of carboxylic acid groups (broad SMARTS) is 1. The molecule has 108 valence electrons. The van der Waals surface area contributed by atoms with E-state index in [1.807, 2.05) is 0 Å². The zero-order valence-corrected chi connectivity index (χ0v) is 12.0. The van der Waals surface area contributed by atoms with E-state index >= 15 is 0 Å². The maximum Gasteiger partial charge on any atom is 0.310 e. The molecule has 0 amide bonds. The Balaban J connectivity index is 1.88. The Labute approximate surface area is 119 Å². The minimum atomic E-state index is -0.710. The van der Waals surface area contributed by atoms with E-state index in [2.05, 4.69) is 15.3 Å². The molecule has 0 unspecified atom stereocenters. The van der Waals surface area contributed by atoms with Gasteiger partial charge < -0.3 is 9.84 Å². The Hall–Kier alpha value is -1.54. The molecule has 1 aliphatic carbocycles. The molecule has 1 aliphatic rings. The Morgan fingerprint density at radius 2 is 2.20 bits per heavy atom. The number of fused-ring (bicyclic) bond motifs is 1. The third-order valence-electron chi connectivity index (χ3n) is 3.87. The number of hydrogen-bond acceptors (Lipinski definition) is 6. The first-order chi connectivity index (χ1) is 9.64. The minimum absolute atomic E-state index is 0.342. The zero-order chi connectivity index (χ0) is 14.2. The van der Waals surface area contributed by atoms with Gasteiger partial charge in [-0.1, -0.05) is 24.2 Å². The third-order valence-corrected chi connectivity index (χ3v) is 4.77. The van der Waals surface area contributed by atoms with Gasteiger partial charge in [0.1, 0.15) is 11.6 Å². The lowest BCUT2D eigenvalue weighted by Crippen LogP contribution is -2.30. The van der Waals surface area contributed by atoms with Crippen molar-refractivity contribution in [3.05, 3.63) is 10.8 Å². The molecule has 1 N–H and O–H groups in total. The van der Waals surface area contributed by atoms with Crippen molar-refractivity contribution in [1.29, 1.82) is 0 Å². The molecule has 8 heteroatoms. The number of methoxy groups -OCH3 is 1. The van der Waals surface area contributed by atoms with E-state index in [4.69, 9.17) is 4.74 Å². The number of rotatable bonds is 5. The van der Waals surface area contributed by atoms with Gasteiger partial charge in [-0.15, -0.1) is 10.2 Å². The lowest BCUT2D eigenvalue weighted by Gasteiger charge is -2.21. The number of aromatic nitrogens is 4. The fourth-order valence-corrected chi connectivity index (χ4v) is 3.79. The highest BCUT2D eigenvalue weighted by molar-refractivity contribution is 7.16. The van der Waals surface area contributed by atoms with Gasteiger partial charge in [-0.2, -0.15) is 9.61 Å². The van der Waals surface area contributed by atoms with Gasteiger partial charge in [0, 0.05) is 13.5 Å². The average molecular weight is 296 g/mol. The maximum absolute atomic E-state index is 11.6. The second-order valence-corrected chi connectivity index (χ2v) is 6.25. The number of nitrogens with zero attached hydrogens (tertiary/aromatic N) is 4. The van der Waals surface area contributed by atoms with Crippen LogP contribution in [0.3, 0.4) is 0 Å². The van der Waals surface area contributed by atoms with Crippen LogP contribution >= 0.6 is 11.3 Å². The third kappa shape index (κ3) is 2.18. The van der Waals surface area contributed by atoms with Crippen LogP contribution in [0, 0.1) is 5.41 Å². The second kappa shape index (κ2) is 5.10. The first-order valence-electron chi connectivity index (χ1n) is 6.57. The summed E-state index contributed by atoms with van der Waals surface area (Å²) in [5.74, 6) is -0.0705. The standard InChI is InChI=1S/C12H16N4O3S/c1-19-7-8-13-14-11-16(8)15-9(20-11)6-12(10(17)18)4-2-3-5-12/h2-7H2,1H3,(H,17,18). The fourth-order valence-electron chi connectivity index (χ4n) is 2.80. The predicted octanol–water partition coefficient (Wildman–Crippen LogP) is 1.52. The van der Waals surface area contributed by atoms with Crippen molar-refractivity contribution in [3.63, 3.8) is 0 Å². The Kier molecular flexibility index (Phi) is 3.43. The van der Waals surface area contributed by atoms with Crippen molar-refractivity contribution in [2.75, 3.05) is 7.11 Å². The molecule has 0 saturated heterocycles. The van der Waals surface area contributed by atoms with Gasteiger partial charge in [0.15, 0.2) is 5.82 Å². The van der Waals surface area contributed by atoms with E-state index in [-0.39, 0.29) is 0 Å². The summed E-state index contributed by atoms with van der Waals surface area (Å²) >= 11 is 1.41. The van der Waals surface area contributed by atoms with Crippen molar-refractivity contribution in [1.82, 2.24) is 19.8 Å². The van der Waals surface area contributed by atoms with Crippen LogP contribution in [0.15, 0.2) is 0 Å². The Bertz CT molecular complexity index is 630. The number of ether oxygens (including phenoxy) is 1. The van der Waals surface area contributed by atoms with Crippen LogP contribution < -0.4 is 0 Å². The van der Waals surface area contributed by atoms with Crippen LogP contribution in [0.5, 0.6) is 0 Å². The topological polar surface area (TPSA) is 89.6 Å². The molecule has 7 nitrogen and oxygen atoms in total. The van der Waals surface area contributed by atoms with Gasteiger partial charge >= 0.3 is 5.97 Å². The van der Waals surface area contributed by atoms with E-state index in [1.54, 1.807) is 11.6 Å². The highest BCUT2D eigenvalue weighted by Gasteiger charge is 2.42. The monoisotopic (exact) mass is 296 g/mol. The first kappa shape index (κ1) is 13.4. The molecule has 2 aromatic heterocycles. The Morgan fingerprint density at radius 1 is 1.45 bits per heavy atom. The zero-order valence-electron chi connectivity index (χ0n) is 11.2. The summed E-state index contributed by atoms with van der Waals surface area (Å²) in [4.78, 5) is 12.3. The molecule has 20 heavy (non-hydrogen) atoms. The fraction of sp³-hybridized carbons (Fsp3) is 0.667. The molecule has 0 radical (unpaired) electrons. The van der Waals surface area contributed by atoms with Crippen molar-refractivity contribution in [2.45, 2.75) is 38.7 Å². The molecule has 2 heterocycles. The minimum Gasteiger partial charge on any atom is -0.481 e. The summed E-state index contributed by atoms with van der Waals surface area (Å²) in [5, 5.41) is 22.8. The van der Waals surface area contributed by atoms with Crippen molar-refractivity contribution in [2.24, 2.45) is 5.41 Å². The summed E-state index contributed by atoms with van der Waals surface area (Å²) in [6.07, 6.45) is 3.89. The molecular formula is C12H16N4O3S. The first-order valence-corrected chi connectivity index (χ1v) is 7.39. The molecule has 0 aromatic carbocycles. The van der Waals surface area contributed by atoms with Gasteiger partial charge in [-0.25, -0.2) is 0 Å². The van der Waals surface area contributed by atoms with Crippen molar-refractivity contribution in [3.8, 4) is 0 Å². The van der Waals surface area contributed by atoms with Crippen LogP contribution in [0.1, 0.15) is 36.5 Å². The smallest absolute Gasteiger partial charge is 0.310 e. The number of carboxylic acids is 1. The largest absolute Gasteiger partial charge is 0.481 e. The highest BCUT2D eigenvalue weighted by Crippen LogP contribution is 2.41. The molecule has 0 spiro atoms. The average Bonchev–Trinajstić information content (AvgIpc) is 3.08. The van der Waals surface area contributed by atoms with Crippen LogP contribution in [-0.2, 0) is 22.6 Å². The molecule has 1 fully saturated rings. The number of aliphatic carboxylic acids is 1. The van der Waals surface area contributed by atoms with Crippen LogP contribution in [0.25, 0.3) is 4.96 Å². The maximum atomic E-state index is 11.6. The summed E-state index contributed by atoms with van der Waals surface area (Å²) in [5.41, 5.74) is -0.648. The SMILES string of the molecule is COCc1nnc2sc(CC3(C(=O)O)CCCC3)nn12. The van der Waals surface area contributed by atoms with E-state index in [9.17, 15) is 9.90 Å². The van der Waals surface area contributed by atoms with Gasteiger partial charge in [-0.3, -0.25) is 4.79 Å². The van der Waals surface area contributed by atoms with E-state index in [1.165, 1.54) is 11.3 Å². The molecule has 3 rings (SSSR count). The molecule has 0 aliphatic heterocycles.